The van der Waals surface area contributed by atoms with Crippen molar-refractivity contribution in [2.75, 3.05) is 0 Å². The molecule has 2 saturated heterocycles. The van der Waals surface area contributed by atoms with Gasteiger partial charge in [-0.15, -0.1) is 0 Å². The van der Waals surface area contributed by atoms with Gasteiger partial charge in [-0.25, -0.2) is 0 Å². The fourth-order valence-corrected chi connectivity index (χ4v) is 5.68. The van der Waals surface area contributed by atoms with Crippen molar-refractivity contribution in [2.45, 2.75) is 77.8 Å². The molecule has 3 aromatic rings. The molecule has 0 N–H and O–H groups in total. The van der Waals surface area contributed by atoms with E-state index in [1.165, 1.54) is 0 Å². The molecule has 5 rings (SSSR count). The maximum atomic E-state index is 13.5. The molecule has 2 aliphatic heterocycles. The Morgan fingerprint density at radius 1 is 0.594 bits per heavy atom. The average molecular weight is 452 g/mol. The summed E-state index contributed by atoms with van der Waals surface area (Å²) in [6, 6.07) is 12.0. The summed E-state index contributed by atoms with van der Waals surface area (Å²) in [5, 5.41) is 1.97. The molecule has 5 nitrogen and oxygen atoms in total. The molecule has 8 heteroatoms. The van der Waals surface area contributed by atoms with Crippen LogP contribution >= 0.6 is 10.8 Å². The van der Waals surface area contributed by atoms with Crippen molar-refractivity contribution < 1.29 is 23.2 Å². The molecule has 2 aromatic carbocycles. The van der Waals surface area contributed by atoms with Crippen LogP contribution in [0.15, 0.2) is 36.4 Å². The lowest BCUT2D eigenvalue weighted by atomic mass is 9.78. The van der Waals surface area contributed by atoms with Crippen molar-refractivity contribution in [2.24, 2.45) is 0 Å². The van der Waals surface area contributed by atoms with Gasteiger partial charge in [0.2, 0.25) is 0 Å². The van der Waals surface area contributed by atoms with Crippen molar-refractivity contribution in [3.8, 4) is 0 Å². The maximum absolute atomic E-state index is 13.5. The van der Waals surface area contributed by atoms with Gasteiger partial charge in [-0.1, -0.05) is 12.1 Å². The number of hydrogen-bond acceptors (Lipinski definition) is 5. The molecule has 0 unspecified atom stereocenters. The molecule has 3 heterocycles. The molecule has 0 radical (unpaired) electrons. The lowest BCUT2D eigenvalue weighted by molar-refractivity contribution is 0.00578. The van der Waals surface area contributed by atoms with Gasteiger partial charge in [0.25, 0.3) is 0 Å². The maximum Gasteiger partial charge on any atom is 0.495 e. The Balaban J connectivity index is 1.54. The van der Waals surface area contributed by atoms with E-state index in [1.54, 1.807) is 0 Å². The minimum Gasteiger partial charge on any atom is -0.590 e. The molecule has 0 amide bonds. The third-order valence-electron chi connectivity index (χ3n) is 7.75. The summed E-state index contributed by atoms with van der Waals surface area (Å²) >= 11 is 0. The molecule has 0 saturated carbocycles. The van der Waals surface area contributed by atoms with E-state index < -0.39 is 47.4 Å². The predicted octanol–water partition coefficient (Wildman–Crippen LogP) is 4.32. The van der Waals surface area contributed by atoms with E-state index in [2.05, 4.69) is 0 Å². The van der Waals surface area contributed by atoms with E-state index in [4.69, 9.17) is 18.6 Å². The van der Waals surface area contributed by atoms with E-state index in [0.717, 1.165) is 31.1 Å². The molecule has 0 aliphatic carbocycles. The van der Waals surface area contributed by atoms with Gasteiger partial charge in [-0.2, -0.15) is 0 Å². The summed E-state index contributed by atoms with van der Waals surface area (Å²) in [7, 11) is -2.25. The molecule has 2 fully saturated rings. The lowest BCUT2D eigenvalue weighted by Gasteiger charge is -2.32. The number of hydrogen-bond donors (Lipinski definition) is 0. The minimum absolute atomic E-state index is 0.420. The highest BCUT2D eigenvalue weighted by atomic mass is 32.2. The van der Waals surface area contributed by atoms with E-state index in [9.17, 15) is 4.55 Å². The summed E-state index contributed by atoms with van der Waals surface area (Å²) in [6.07, 6.45) is 0. The van der Waals surface area contributed by atoms with Gasteiger partial charge in [0.05, 0.1) is 22.4 Å². The van der Waals surface area contributed by atoms with Gasteiger partial charge in [0.1, 0.15) is 0 Å². The van der Waals surface area contributed by atoms with Gasteiger partial charge in [0.15, 0.2) is 9.40 Å². The zero-order valence-corrected chi connectivity index (χ0v) is 20.9. The molecular weight excluding hydrogens is 422 g/mol. The largest absolute Gasteiger partial charge is 0.590 e. The van der Waals surface area contributed by atoms with Gasteiger partial charge in [0, 0.05) is 10.8 Å². The van der Waals surface area contributed by atoms with E-state index >= 15 is 0 Å². The molecule has 0 atom stereocenters. The number of benzene rings is 2. The SMILES string of the molecule is CC1(C)OB(c2ccc3c4ccc(B5OC(C)(C)C(C)(C)O5)cc4[s+]([O-])c3c2)OC1(C)C. The molecule has 168 valence electrons. The van der Waals surface area contributed by atoms with E-state index in [1.807, 2.05) is 91.8 Å². The highest BCUT2D eigenvalue weighted by molar-refractivity contribution is 7.37. The fourth-order valence-electron chi connectivity index (χ4n) is 4.20. The van der Waals surface area contributed by atoms with E-state index in [0.29, 0.717) is 0 Å². The molecule has 2 aliphatic rings. The van der Waals surface area contributed by atoms with Gasteiger partial charge in [-0.05, 0) is 101 Å². The van der Waals surface area contributed by atoms with Crippen LogP contribution < -0.4 is 10.9 Å². The fraction of sp³-hybridized carbons (Fsp3) is 0.500. The Bertz CT molecular complexity index is 1100. The Morgan fingerprint density at radius 2 is 0.906 bits per heavy atom. The van der Waals surface area contributed by atoms with Crippen LogP contribution in [0.3, 0.4) is 0 Å². The first-order chi connectivity index (χ1) is 14.7. The molecule has 1 aromatic heterocycles. The molecular formula is C24H30B2O5S. The molecule has 0 spiro atoms. The highest BCUT2D eigenvalue weighted by Crippen LogP contribution is 2.42. The standard InChI is InChI=1S/C24H30B2O5S/c1-21(2)22(3,4)29-25(28-21)15-9-11-17-18-12-10-16(14-20(18)32(27)19(17)13-15)26-30-23(5,6)24(7,8)31-26/h9-14H,1-8H3. The zero-order valence-electron chi connectivity index (χ0n) is 20.1. The molecule has 32 heavy (non-hydrogen) atoms. The van der Waals surface area contributed by atoms with Gasteiger partial charge < -0.3 is 23.2 Å². The zero-order chi connectivity index (χ0) is 23.3. The monoisotopic (exact) mass is 452 g/mol. The summed E-state index contributed by atoms with van der Waals surface area (Å²) < 4.78 is 39.8. The number of fused-ring (bicyclic) bond motifs is 3. The van der Waals surface area contributed by atoms with Crippen molar-refractivity contribution in [3.63, 3.8) is 0 Å². The van der Waals surface area contributed by atoms with Crippen molar-refractivity contribution in [1.29, 1.82) is 0 Å². The highest BCUT2D eigenvalue weighted by Gasteiger charge is 2.53. The second-order valence-electron chi connectivity index (χ2n) is 11.0. The Hall–Kier alpha value is -1.41. The van der Waals surface area contributed by atoms with Crippen LogP contribution in [0.5, 0.6) is 0 Å². The first-order valence-electron chi connectivity index (χ1n) is 11.1. The topological polar surface area (TPSA) is 60.0 Å². The van der Waals surface area contributed by atoms with Crippen LogP contribution in [0.1, 0.15) is 55.4 Å². The van der Waals surface area contributed by atoms with Crippen LogP contribution in [-0.4, -0.2) is 41.2 Å². The van der Waals surface area contributed by atoms with Crippen LogP contribution in [-0.2, 0) is 18.6 Å². The van der Waals surface area contributed by atoms with Crippen LogP contribution in [0.4, 0.5) is 0 Å². The Labute approximate surface area is 193 Å². The molecule has 0 bridgehead atoms. The number of rotatable bonds is 2. The third-order valence-corrected chi connectivity index (χ3v) is 9.23. The predicted molar refractivity (Wildman–Crippen MR) is 132 cm³/mol. The first kappa shape index (κ1) is 22.4. The second-order valence-corrected chi connectivity index (χ2v) is 12.4. The van der Waals surface area contributed by atoms with Crippen molar-refractivity contribution >= 4 is 56.1 Å². The minimum atomic E-state index is -1.29. The van der Waals surface area contributed by atoms with Crippen LogP contribution in [0.2, 0.25) is 0 Å². The average Bonchev–Trinajstić information content (AvgIpc) is 3.19. The van der Waals surface area contributed by atoms with Gasteiger partial charge in [-0.3, -0.25) is 0 Å². The van der Waals surface area contributed by atoms with Crippen LogP contribution in [0, 0.1) is 0 Å². The summed E-state index contributed by atoms with van der Waals surface area (Å²) in [5.74, 6) is 0. The van der Waals surface area contributed by atoms with E-state index in [-0.39, 0.29) is 0 Å². The third kappa shape index (κ3) is 3.19. The smallest absolute Gasteiger partial charge is 0.495 e. The lowest BCUT2D eigenvalue weighted by Crippen LogP contribution is -2.41. The quantitative estimate of drug-likeness (QED) is 0.429. The normalized spacial score (nSPS) is 23.5. The first-order valence-corrected chi connectivity index (χ1v) is 12.3. The summed E-state index contributed by atoms with van der Waals surface area (Å²) in [6.45, 7) is 16.3. The van der Waals surface area contributed by atoms with Crippen molar-refractivity contribution in [1.82, 2.24) is 0 Å². The number of thiophene rings is 1. The van der Waals surface area contributed by atoms with Gasteiger partial charge >= 0.3 is 14.2 Å². The Kier molecular flexibility index (Phi) is 4.76. The summed E-state index contributed by atoms with van der Waals surface area (Å²) in [4.78, 5) is 0. The van der Waals surface area contributed by atoms with Crippen molar-refractivity contribution in [3.05, 3.63) is 36.4 Å². The second kappa shape index (κ2) is 6.81. The Morgan fingerprint density at radius 3 is 1.22 bits per heavy atom. The van der Waals surface area contributed by atoms with Crippen LogP contribution in [0.25, 0.3) is 20.2 Å². The summed E-state index contributed by atoms with van der Waals surface area (Å²) in [5.41, 5.74) is 0.0876.